The molecule has 6 heteroatoms. The summed E-state index contributed by atoms with van der Waals surface area (Å²) in [6.45, 7) is -0.158. The van der Waals surface area contributed by atoms with Gasteiger partial charge in [0.15, 0.2) is 6.61 Å². The Morgan fingerprint density at radius 1 is 1.15 bits per heavy atom. The number of halogens is 1. The molecule has 0 radical (unpaired) electrons. The third-order valence-electron chi connectivity index (χ3n) is 5.40. The number of ether oxygens (including phenoxy) is 2. The normalized spacial score (nSPS) is 19.5. The molecule has 0 saturated heterocycles. The standard InChI is InChI=1S/C21H20FNO4/c1-26-18(24)11-27-17-8-7-16(19-12-5-6-13(9-12)20(17)19)21(25)23-15-4-2-3-14(22)10-15/h2-4,7-8,10,12-13H,5-6,9,11H2,1H3,(H,23,25). The molecular weight excluding hydrogens is 349 g/mol. The summed E-state index contributed by atoms with van der Waals surface area (Å²) in [5.74, 6) is 0.205. The van der Waals surface area contributed by atoms with Crippen LogP contribution in [0.4, 0.5) is 10.1 Å². The summed E-state index contributed by atoms with van der Waals surface area (Å²) in [6, 6.07) is 9.30. The maximum Gasteiger partial charge on any atom is 0.343 e. The van der Waals surface area contributed by atoms with Gasteiger partial charge in [-0.1, -0.05) is 6.07 Å². The Morgan fingerprint density at radius 2 is 1.93 bits per heavy atom. The minimum absolute atomic E-state index is 0.158. The number of hydrogen-bond acceptors (Lipinski definition) is 4. The van der Waals surface area contributed by atoms with Crippen molar-refractivity contribution in [2.75, 3.05) is 19.0 Å². The van der Waals surface area contributed by atoms with Crippen LogP contribution in [-0.2, 0) is 9.53 Å². The van der Waals surface area contributed by atoms with Crippen LogP contribution in [0.5, 0.6) is 5.75 Å². The largest absolute Gasteiger partial charge is 0.482 e. The van der Waals surface area contributed by atoms with Gasteiger partial charge >= 0.3 is 5.97 Å². The molecule has 1 N–H and O–H groups in total. The van der Waals surface area contributed by atoms with Crippen molar-refractivity contribution in [3.63, 3.8) is 0 Å². The molecule has 4 rings (SSSR count). The third kappa shape index (κ3) is 3.27. The smallest absolute Gasteiger partial charge is 0.343 e. The number of nitrogens with one attached hydrogen (secondary N) is 1. The maximum atomic E-state index is 13.4. The molecule has 1 saturated carbocycles. The van der Waals surface area contributed by atoms with E-state index in [1.54, 1.807) is 24.3 Å². The van der Waals surface area contributed by atoms with Gasteiger partial charge in [-0.05, 0) is 67.0 Å². The van der Waals surface area contributed by atoms with Crippen LogP contribution in [0.2, 0.25) is 0 Å². The van der Waals surface area contributed by atoms with Crippen molar-refractivity contribution >= 4 is 17.6 Å². The van der Waals surface area contributed by atoms with Gasteiger partial charge in [0, 0.05) is 16.8 Å². The number of anilines is 1. The van der Waals surface area contributed by atoms with Gasteiger partial charge in [0.1, 0.15) is 11.6 Å². The number of carbonyl (C=O) groups is 2. The Hall–Kier alpha value is -2.89. The van der Waals surface area contributed by atoms with Gasteiger partial charge in [0.2, 0.25) is 0 Å². The maximum absolute atomic E-state index is 13.4. The summed E-state index contributed by atoms with van der Waals surface area (Å²) in [5.41, 5.74) is 3.04. The second kappa shape index (κ2) is 7.02. The average molecular weight is 369 g/mol. The first-order valence-electron chi connectivity index (χ1n) is 9.00. The number of amides is 1. The highest BCUT2D eigenvalue weighted by Crippen LogP contribution is 2.57. The molecule has 2 unspecified atom stereocenters. The second-order valence-corrected chi connectivity index (χ2v) is 6.97. The molecule has 2 aliphatic rings. The molecule has 0 aromatic heterocycles. The number of hydrogen-bond donors (Lipinski definition) is 1. The second-order valence-electron chi connectivity index (χ2n) is 6.97. The van der Waals surface area contributed by atoms with Crippen molar-refractivity contribution in [3.8, 4) is 5.75 Å². The number of esters is 1. The monoisotopic (exact) mass is 369 g/mol. The quantitative estimate of drug-likeness (QED) is 0.810. The summed E-state index contributed by atoms with van der Waals surface area (Å²) < 4.78 is 23.7. The molecule has 140 valence electrons. The summed E-state index contributed by atoms with van der Waals surface area (Å²) in [6.07, 6.45) is 3.09. The lowest BCUT2D eigenvalue weighted by molar-refractivity contribution is -0.142. The molecule has 2 aromatic carbocycles. The van der Waals surface area contributed by atoms with Crippen LogP contribution in [0, 0.1) is 5.82 Å². The van der Waals surface area contributed by atoms with E-state index in [0.717, 1.165) is 30.4 Å². The molecule has 0 spiro atoms. The fraction of sp³-hybridized carbons (Fsp3) is 0.333. The van der Waals surface area contributed by atoms with Crippen molar-refractivity contribution < 1.29 is 23.5 Å². The highest BCUT2D eigenvalue weighted by Gasteiger charge is 2.41. The van der Waals surface area contributed by atoms with Crippen LogP contribution in [0.1, 0.15) is 52.6 Å². The first-order valence-corrected chi connectivity index (χ1v) is 9.00. The molecule has 0 aliphatic heterocycles. The fourth-order valence-electron chi connectivity index (χ4n) is 4.27. The van der Waals surface area contributed by atoms with Crippen LogP contribution < -0.4 is 10.1 Å². The summed E-state index contributed by atoms with van der Waals surface area (Å²) in [4.78, 5) is 24.2. The molecule has 2 aromatic rings. The van der Waals surface area contributed by atoms with E-state index in [2.05, 4.69) is 10.1 Å². The van der Waals surface area contributed by atoms with Crippen molar-refractivity contribution in [3.05, 3.63) is 58.9 Å². The molecule has 0 heterocycles. The van der Waals surface area contributed by atoms with Crippen LogP contribution in [-0.4, -0.2) is 25.6 Å². The lowest BCUT2D eigenvalue weighted by Gasteiger charge is -2.22. The summed E-state index contributed by atoms with van der Waals surface area (Å²) in [7, 11) is 1.32. The third-order valence-corrected chi connectivity index (χ3v) is 5.40. The van der Waals surface area contributed by atoms with E-state index >= 15 is 0 Å². The molecule has 1 amide bonds. The zero-order valence-corrected chi connectivity index (χ0v) is 15.0. The SMILES string of the molecule is COC(=O)COc1ccc(C(=O)Nc2cccc(F)c2)c2c1C1CCC2C1. The first-order chi connectivity index (χ1) is 13.1. The van der Waals surface area contributed by atoms with E-state index in [4.69, 9.17) is 4.74 Å². The van der Waals surface area contributed by atoms with E-state index in [9.17, 15) is 14.0 Å². The van der Waals surface area contributed by atoms with Crippen LogP contribution in [0.15, 0.2) is 36.4 Å². The van der Waals surface area contributed by atoms with Crippen LogP contribution in [0.3, 0.4) is 0 Å². The van der Waals surface area contributed by atoms with Gasteiger partial charge in [-0.15, -0.1) is 0 Å². The van der Waals surface area contributed by atoms with Gasteiger partial charge in [0.25, 0.3) is 5.91 Å². The number of methoxy groups -OCH3 is 1. The summed E-state index contributed by atoms with van der Waals surface area (Å²) >= 11 is 0. The van der Waals surface area contributed by atoms with Crippen molar-refractivity contribution in [1.82, 2.24) is 0 Å². The Balaban J connectivity index is 1.64. The minimum atomic E-state index is -0.445. The highest BCUT2D eigenvalue weighted by molar-refractivity contribution is 6.06. The van der Waals surface area contributed by atoms with E-state index < -0.39 is 11.8 Å². The summed E-state index contributed by atoms with van der Waals surface area (Å²) in [5, 5.41) is 2.77. The Kier molecular flexibility index (Phi) is 4.56. The predicted molar refractivity (Wildman–Crippen MR) is 97.6 cm³/mol. The topological polar surface area (TPSA) is 64.6 Å². The molecule has 2 atom stereocenters. The molecule has 27 heavy (non-hydrogen) atoms. The van der Waals surface area contributed by atoms with E-state index in [1.807, 2.05) is 0 Å². The van der Waals surface area contributed by atoms with Crippen molar-refractivity contribution in [1.29, 1.82) is 0 Å². The lowest BCUT2D eigenvalue weighted by atomic mass is 9.87. The first kappa shape index (κ1) is 17.5. The molecule has 5 nitrogen and oxygen atoms in total. The van der Waals surface area contributed by atoms with Crippen molar-refractivity contribution in [2.24, 2.45) is 0 Å². The van der Waals surface area contributed by atoms with Crippen molar-refractivity contribution in [2.45, 2.75) is 31.1 Å². The Labute approximate surface area is 156 Å². The van der Waals surface area contributed by atoms with Crippen LogP contribution >= 0.6 is 0 Å². The van der Waals surface area contributed by atoms with Crippen LogP contribution in [0.25, 0.3) is 0 Å². The minimum Gasteiger partial charge on any atom is -0.482 e. The van der Waals surface area contributed by atoms with E-state index in [0.29, 0.717) is 28.8 Å². The van der Waals surface area contributed by atoms with E-state index in [-0.39, 0.29) is 12.5 Å². The zero-order valence-electron chi connectivity index (χ0n) is 15.0. The van der Waals surface area contributed by atoms with E-state index in [1.165, 1.54) is 19.2 Å². The molecule has 2 aliphatic carbocycles. The predicted octanol–water partition coefficient (Wildman–Crippen LogP) is 3.99. The van der Waals surface area contributed by atoms with Gasteiger partial charge in [-0.25, -0.2) is 9.18 Å². The molecular formula is C21H20FNO4. The molecule has 2 bridgehead atoms. The fourth-order valence-corrected chi connectivity index (χ4v) is 4.27. The van der Waals surface area contributed by atoms with Gasteiger partial charge in [0.05, 0.1) is 7.11 Å². The van der Waals surface area contributed by atoms with Gasteiger partial charge in [-0.2, -0.15) is 0 Å². The number of benzene rings is 2. The van der Waals surface area contributed by atoms with Gasteiger partial charge in [-0.3, -0.25) is 4.79 Å². The lowest BCUT2D eigenvalue weighted by Crippen LogP contribution is -2.18. The average Bonchev–Trinajstić information content (AvgIpc) is 3.28. The Bertz CT molecular complexity index is 911. The number of carbonyl (C=O) groups excluding carboxylic acids is 2. The highest BCUT2D eigenvalue weighted by atomic mass is 19.1. The molecule has 1 fully saturated rings. The van der Waals surface area contributed by atoms with Gasteiger partial charge < -0.3 is 14.8 Å². The Morgan fingerprint density at radius 3 is 2.67 bits per heavy atom. The number of fused-ring (bicyclic) bond motifs is 5. The number of rotatable bonds is 5. The zero-order chi connectivity index (χ0) is 19.0.